The number of rotatable bonds is 1. The molecule has 0 radical (unpaired) electrons. The molecule has 2 saturated heterocycles. The Hall–Kier alpha value is -1.62. The molecule has 2 unspecified atom stereocenters. The van der Waals surface area contributed by atoms with Crippen LogP contribution in [0.15, 0.2) is 18.2 Å². The van der Waals surface area contributed by atoms with Crippen LogP contribution in [0.5, 0.6) is 0 Å². The second kappa shape index (κ2) is 6.27. The fourth-order valence-electron chi connectivity index (χ4n) is 4.36. The summed E-state index contributed by atoms with van der Waals surface area (Å²) in [6.07, 6.45) is 3.26. The Labute approximate surface area is 149 Å². The van der Waals surface area contributed by atoms with Gasteiger partial charge in [0, 0.05) is 24.9 Å². The fourth-order valence-corrected chi connectivity index (χ4v) is 4.36. The Kier molecular flexibility index (Phi) is 4.56. The number of benzene rings is 1. The first-order chi connectivity index (χ1) is 11.6. The monoisotopic (exact) mass is 349 g/mol. The molecule has 3 rings (SSSR count). The number of hydrogen-bond donors (Lipinski definition) is 1. The lowest BCUT2D eigenvalue weighted by Crippen LogP contribution is -2.59. The van der Waals surface area contributed by atoms with E-state index in [2.05, 4.69) is 0 Å². The molecule has 1 amide bonds. The maximum atomic E-state index is 13.8. The summed E-state index contributed by atoms with van der Waals surface area (Å²) in [5.74, 6) is -0.339. The zero-order valence-electron chi connectivity index (χ0n) is 15.5. The van der Waals surface area contributed by atoms with E-state index in [1.165, 1.54) is 12.1 Å². The highest BCUT2D eigenvalue weighted by Crippen LogP contribution is 2.45. The van der Waals surface area contributed by atoms with Gasteiger partial charge in [0.05, 0.1) is 5.60 Å². The maximum absolute atomic E-state index is 13.8. The standard InChI is InChI=1S/C20H28FNO3/c1-13-8-9-14(21)10-17(13)20(24)11-15-6-5-7-16(12-20)22(15)18(23)25-19(2,3)4/h8-10,15-16,24H,5-7,11-12H2,1-4H3. The molecule has 5 heteroatoms. The molecular formula is C20H28FNO3. The number of aliphatic hydroxyl groups is 1. The van der Waals surface area contributed by atoms with Gasteiger partial charge in [-0.1, -0.05) is 6.07 Å². The average Bonchev–Trinajstić information content (AvgIpc) is 2.47. The molecule has 0 saturated carbocycles. The van der Waals surface area contributed by atoms with Crippen LogP contribution in [-0.2, 0) is 10.3 Å². The molecule has 2 aliphatic heterocycles. The molecule has 1 N–H and O–H groups in total. The molecule has 4 nitrogen and oxygen atoms in total. The van der Waals surface area contributed by atoms with Crippen LogP contribution in [0.2, 0.25) is 0 Å². The van der Waals surface area contributed by atoms with E-state index in [1.54, 1.807) is 6.07 Å². The Morgan fingerprint density at radius 2 is 1.88 bits per heavy atom. The van der Waals surface area contributed by atoms with Crippen molar-refractivity contribution in [3.8, 4) is 0 Å². The van der Waals surface area contributed by atoms with Crippen molar-refractivity contribution in [3.63, 3.8) is 0 Å². The van der Waals surface area contributed by atoms with Crippen molar-refractivity contribution in [1.29, 1.82) is 0 Å². The van der Waals surface area contributed by atoms with E-state index in [0.29, 0.717) is 18.4 Å². The molecule has 0 spiro atoms. The second-order valence-electron chi connectivity index (χ2n) is 8.53. The number of ether oxygens (including phenoxy) is 1. The summed E-state index contributed by atoms with van der Waals surface area (Å²) >= 11 is 0. The zero-order valence-corrected chi connectivity index (χ0v) is 15.5. The first-order valence-electron chi connectivity index (χ1n) is 9.09. The minimum absolute atomic E-state index is 0.0741. The van der Waals surface area contributed by atoms with Crippen LogP contribution < -0.4 is 0 Å². The van der Waals surface area contributed by atoms with Crippen LogP contribution in [0.1, 0.15) is 64.0 Å². The number of carbonyl (C=O) groups is 1. The summed E-state index contributed by atoms with van der Waals surface area (Å²) in [4.78, 5) is 14.5. The normalized spacial score (nSPS) is 29.4. The zero-order chi connectivity index (χ0) is 18.4. The van der Waals surface area contributed by atoms with Gasteiger partial charge in [0.15, 0.2) is 0 Å². The highest BCUT2D eigenvalue weighted by atomic mass is 19.1. The van der Waals surface area contributed by atoms with Crippen LogP contribution >= 0.6 is 0 Å². The van der Waals surface area contributed by atoms with Crippen LogP contribution in [-0.4, -0.2) is 33.8 Å². The molecule has 2 bridgehead atoms. The highest BCUT2D eigenvalue weighted by Gasteiger charge is 2.49. The molecule has 2 aliphatic rings. The van der Waals surface area contributed by atoms with Crippen molar-refractivity contribution in [2.75, 3.05) is 0 Å². The van der Waals surface area contributed by atoms with Gasteiger partial charge in [-0.3, -0.25) is 0 Å². The van der Waals surface area contributed by atoms with E-state index in [-0.39, 0.29) is 24.0 Å². The molecule has 0 aromatic heterocycles. The Morgan fingerprint density at radius 1 is 1.28 bits per heavy atom. The predicted molar refractivity (Wildman–Crippen MR) is 93.8 cm³/mol. The minimum atomic E-state index is -1.10. The van der Waals surface area contributed by atoms with E-state index in [9.17, 15) is 14.3 Å². The topological polar surface area (TPSA) is 49.8 Å². The van der Waals surface area contributed by atoms with Gasteiger partial charge < -0.3 is 14.7 Å². The molecule has 2 atom stereocenters. The van der Waals surface area contributed by atoms with Crippen molar-refractivity contribution in [2.45, 2.75) is 83.1 Å². The van der Waals surface area contributed by atoms with Crippen LogP contribution in [0.4, 0.5) is 9.18 Å². The number of halogens is 1. The van der Waals surface area contributed by atoms with Crippen molar-refractivity contribution in [2.24, 2.45) is 0 Å². The Bertz CT molecular complexity index is 653. The molecule has 138 valence electrons. The van der Waals surface area contributed by atoms with Gasteiger partial charge in [-0.25, -0.2) is 9.18 Å². The average molecular weight is 349 g/mol. The van der Waals surface area contributed by atoms with Gasteiger partial charge in [-0.2, -0.15) is 0 Å². The summed E-state index contributed by atoms with van der Waals surface area (Å²) < 4.78 is 19.3. The van der Waals surface area contributed by atoms with Crippen molar-refractivity contribution < 1.29 is 19.0 Å². The summed E-state index contributed by atoms with van der Waals surface area (Å²) in [6, 6.07) is 4.41. The van der Waals surface area contributed by atoms with Crippen LogP contribution in [0, 0.1) is 12.7 Å². The highest BCUT2D eigenvalue weighted by molar-refractivity contribution is 5.69. The van der Waals surface area contributed by atoms with Crippen LogP contribution in [0.25, 0.3) is 0 Å². The van der Waals surface area contributed by atoms with Crippen molar-refractivity contribution in [1.82, 2.24) is 4.90 Å². The summed E-state index contributed by atoms with van der Waals surface area (Å²) in [5, 5.41) is 11.3. The number of aryl methyl sites for hydroxylation is 1. The van der Waals surface area contributed by atoms with Crippen molar-refractivity contribution >= 4 is 6.09 Å². The summed E-state index contributed by atoms with van der Waals surface area (Å²) in [5.41, 5.74) is -0.112. The van der Waals surface area contributed by atoms with E-state index in [1.807, 2.05) is 32.6 Å². The lowest BCUT2D eigenvalue weighted by atomic mass is 9.72. The lowest BCUT2D eigenvalue weighted by molar-refractivity contribution is -0.0968. The van der Waals surface area contributed by atoms with Crippen LogP contribution in [0.3, 0.4) is 0 Å². The molecule has 1 aromatic rings. The van der Waals surface area contributed by atoms with Gasteiger partial charge in [0.2, 0.25) is 0 Å². The third kappa shape index (κ3) is 3.66. The summed E-state index contributed by atoms with van der Waals surface area (Å²) in [7, 11) is 0. The number of amides is 1. The molecule has 1 aromatic carbocycles. The van der Waals surface area contributed by atoms with E-state index >= 15 is 0 Å². The molecule has 25 heavy (non-hydrogen) atoms. The minimum Gasteiger partial charge on any atom is -0.444 e. The first kappa shape index (κ1) is 18.2. The largest absolute Gasteiger partial charge is 0.444 e. The van der Waals surface area contributed by atoms with Gasteiger partial charge in [0.1, 0.15) is 11.4 Å². The van der Waals surface area contributed by atoms with E-state index in [4.69, 9.17) is 4.74 Å². The molecule has 0 aliphatic carbocycles. The Morgan fingerprint density at radius 3 is 2.44 bits per heavy atom. The predicted octanol–water partition coefficient (Wildman–Crippen LogP) is 4.27. The third-order valence-corrected chi connectivity index (χ3v) is 5.31. The molecular weight excluding hydrogens is 321 g/mol. The number of carbonyl (C=O) groups excluding carboxylic acids is 1. The maximum Gasteiger partial charge on any atom is 0.410 e. The lowest BCUT2D eigenvalue weighted by Gasteiger charge is -2.52. The SMILES string of the molecule is Cc1ccc(F)cc1C1(O)CC2CCCC(C1)N2C(=O)OC(C)(C)C. The number of fused-ring (bicyclic) bond motifs is 2. The molecule has 2 fully saturated rings. The first-order valence-corrected chi connectivity index (χ1v) is 9.09. The number of hydrogen-bond acceptors (Lipinski definition) is 3. The second-order valence-corrected chi connectivity index (χ2v) is 8.53. The third-order valence-electron chi connectivity index (χ3n) is 5.31. The number of nitrogens with zero attached hydrogens (tertiary/aromatic N) is 1. The fraction of sp³-hybridized carbons (Fsp3) is 0.650. The van der Waals surface area contributed by atoms with Gasteiger partial charge >= 0.3 is 6.09 Å². The van der Waals surface area contributed by atoms with Gasteiger partial charge in [0.25, 0.3) is 0 Å². The van der Waals surface area contributed by atoms with E-state index in [0.717, 1.165) is 24.8 Å². The van der Waals surface area contributed by atoms with Gasteiger partial charge in [-0.15, -0.1) is 0 Å². The summed E-state index contributed by atoms with van der Waals surface area (Å²) in [6.45, 7) is 7.47. The number of piperidine rings is 2. The van der Waals surface area contributed by atoms with Gasteiger partial charge in [-0.05, 0) is 70.2 Å². The Balaban J connectivity index is 1.88. The smallest absolute Gasteiger partial charge is 0.410 e. The quantitative estimate of drug-likeness (QED) is 0.823. The molecule has 2 heterocycles. The van der Waals surface area contributed by atoms with Crippen molar-refractivity contribution in [3.05, 3.63) is 35.1 Å². The van der Waals surface area contributed by atoms with E-state index < -0.39 is 11.2 Å².